The largest absolute Gasteiger partial charge is 0.356 e. The van der Waals surface area contributed by atoms with Crippen LogP contribution in [0.15, 0.2) is 0 Å². The van der Waals surface area contributed by atoms with E-state index >= 15 is 0 Å². The zero-order valence-electron chi connectivity index (χ0n) is 18.8. The molecule has 1 unspecified atom stereocenters. The Morgan fingerprint density at radius 1 is 0.852 bits per heavy atom. The first-order chi connectivity index (χ1) is 12.9. The van der Waals surface area contributed by atoms with E-state index in [9.17, 15) is 9.59 Å². The van der Waals surface area contributed by atoms with Crippen molar-refractivity contribution in [3.8, 4) is 0 Å². The second kappa shape index (κ2) is 17.1. The van der Waals surface area contributed by atoms with Gasteiger partial charge in [0.1, 0.15) is 0 Å². The lowest BCUT2D eigenvalue weighted by molar-refractivity contribution is -0.130. The molecule has 2 amide bonds. The van der Waals surface area contributed by atoms with E-state index in [0.717, 1.165) is 44.6 Å². The van der Waals surface area contributed by atoms with Crippen LogP contribution in [0.1, 0.15) is 105 Å². The first kappa shape index (κ1) is 25.9. The molecule has 160 valence electrons. The second-order valence-electron chi connectivity index (χ2n) is 8.65. The van der Waals surface area contributed by atoms with E-state index in [0.29, 0.717) is 25.3 Å². The van der Waals surface area contributed by atoms with Gasteiger partial charge in [0.15, 0.2) is 0 Å². The van der Waals surface area contributed by atoms with Crippen LogP contribution in [0.5, 0.6) is 0 Å². The fraction of sp³-hybridized carbons (Fsp3) is 0.913. The van der Waals surface area contributed by atoms with Gasteiger partial charge in [0.05, 0.1) is 0 Å². The number of rotatable bonds is 17. The van der Waals surface area contributed by atoms with Gasteiger partial charge in [0.2, 0.25) is 11.8 Å². The highest BCUT2D eigenvalue weighted by Crippen LogP contribution is 2.14. The van der Waals surface area contributed by atoms with Gasteiger partial charge in [-0.25, -0.2) is 0 Å². The van der Waals surface area contributed by atoms with Gasteiger partial charge in [-0.05, 0) is 37.5 Å². The normalized spacial score (nSPS) is 12.2. The Labute approximate surface area is 168 Å². The van der Waals surface area contributed by atoms with E-state index in [1.807, 2.05) is 11.9 Å². The fourth-order valence-electron chi connectivity index (χ4n) is 3.35. The predicted octanol–water partition coefficient (Wildman–Crippen LogP) is 5.55. The van der Waals surface area contributed by atoms with Crippen molar-refractivity contribution in [2.75, 3.05) is 20.1 Å². The molecule has 0 saturated heterocycles. The van der Waals surface area contributed by atoms with Gasteiger partial charge in [0, 0.05) is 33.0 Å². The van der Waals surface area contributed by atoms with Gasteiger partial charge < -0.3 is 10.2 Å². The van der Waals surface area contributed by atoms with Crippen LogP contribution in [0.2, 0.25) is 0 Å². The maximum Gasteiger partial charge on any atom is 0.222 e. The third-order valence-corrected chi connectivity index (χ3v) is 5.22. The number of amides is 2. The Morgan fingerprint density at radius 2 is 1.52 bits per heavy atom. The molecule has 0 bridgehead atoms. The van der Waals surface area contributed by atoms with Crippen molar-refractivity contribution >= 4 is 11.8 Å². The summed E-state index contributed by atoms with van der Waals surface area (Å²) in [5, 5.41) is 2.97. The minimum Gasteiger partial charge on any atom is -0.356 e. The maximum absolute atomic E-state index is 12.1. The van der Waals surface area contributed by atoms with Crippen LogP contribution >= 0.6 is 0 Å². The molecule has 0 heterocycles. The van der Waals surface area contributed by atoms with Crippen molar-refractivity contribution in [1.29, 1.82) is 0 Å². The molecule has 0 aliphatic rings. The second-order valence-corrected chi connectivity index (χ2v) is 8.65. The summed E-state index contributed by atoms with van der Waals surface area (Å²) >= 11 is 0. The molecule has 0 aliphatic heterocycles. The van der Waals surface area contributed by atoms with E-state index in [4.69, 9.17) is 0 Å². The van der Waals surface area contributed by atoms with Crippen molar-refractivity contribution in [2.24, 2.45) is 11.8 Å². The average molecular weight is 383 g/mol. The molecule has 0 aliphatic carbocycles. The van der Waals surface area contributed by atoms with Crippen LogP contribution in [-0.2, 0) is 9.59 Å². The lowest BCUT2D eigenvalue weighted by Crippen LogP contribution is -2.28. The smallest absolute Gasteiger partial charge is 0.222 e. The molecular formula is C23H46N2O2. The summed E-state index contributed by atoms with van der Waals surface area (Å²) in [6.07, 6.45) is 12.4. The van der Waals surface area contributed by atoms with E-state index in [2.05, 4.69) is 33.0 Å². The van der Waals surface area contributed by atoms with E-state index in [1.54, 1.807) is 0 Å². The number of hydrogen-bond acceptors (Lipinski definition) is 2. The zero-order chi connectivity index (χ0) is 20.5. The Balaban J connectivity index is 3.57. The number of hydrogen-bond donors (Lipinski definition) is 1. The number of carbonyl (C=O) groups excluding carboxylic acids is 2. The molecule has 0 rings (SSSR count). The molecule has 0 spiro atoms. The number of nitrogens with zero attached hydrogens (tertiary/aromatic N) is 1. The van der Waals surface area contributed by atoms with Crippen molar-refractivity contribution < 1.29 is 9.59 Å². The van der Waals surface area contributed by atoms with E-state index in [-0.39, 0.29) is 11.8 Å². The predicted molar refractivity (Wildman–Crippen MR) is 116 cm³/mol. The summed E-state index contributed by atoms with van der Waals surface area (Å²) in [6, 6.07) is 0. The van der Waals surface area contributed by atoms with Gasteiger partial charge in [-0.15, -0.1) is 0 Å². The van der Waals surface area contributed by atoms with Gasteiger partial charge in [0.25, 0.3) is 0 Å². The summed E-state index contributed by atoms with van der Waals surface area (Å²) in [4.78, 5) is 25.8. The maximum atomic E-state index is 12.1. The van der Waals surface area contributed by atoms with Crippen molar-refractivity contribution in [3.63, 3.8) is 0 Å². The van der Waals surface area contributed by atoms with Crippen molar-refractivity contribution in [2.45, 2.75) is 105 Å². The highest BCUT2D eigenvalue weighted by Gasteiger charge is 2.09. The fourth-order valence-corrected chi connectivity index (χ4v) is 3.35. The van der Waals surface area contributed by atoms with Gasteiger partial charge >= 0.3 is 0 Å². The summed E-state index contributed by atoms with van der Waals surface area (Å²) in [7, 11) is 1.91. The molecule has 0 radical (unpaired) electrons. The Morgan fingerprint density at radius 3 is 2.19 bits per heavy atom. The molecule has 0 aromatic carbocycles. The number of nitrogens with one attached hydrogen (secondary N) is 1. The van der Waals surface area contributed by atoms with Crippen molar-refractivity contribution in [1.82, 2.24) is 10.2 Å². The zero-order valence-corrected chi connectivity index (χ0v) is 18.8. The minimum atomic E-state index is 0.152. The topological polar surface area (TPSA) is 49.4 Å². The van der Waals surface area contributed by atoms with Crippen LogP contribution in [-0.4, -0.2) is 36.9 Å². The van der Waals surface area contributed by atoms with Crippen LogP contribution < -0.4 is 5.32 Å². The molecule has 4 nitrogen and oxygen atoms in total. The van der Waals surface area contributed by atoms with Crippen LogP contribution in [0.4, 0.5) is 0 Å². The van der Waals surface area contributed by atoms with Gasteiger partial charge in [-0.3, -0.25) is 9.59 Å². The monoisotopic (exact) mass is 382 g/mol. The van der Waals surface area contributed by atoms with Gasteiger partial charge in [-0.2, -0.15) is 0 Å². The third-order valence-electron chi connectivity index (χ3n) is 5.22. The third kappa shape index (κ3) is 16.8. The Hall–Kier alpha value is -1.06. The first-order valence-corrected chi connectivity index (χ1v) is 11.4. The van der Waals surface area contributed by atoms with E-state index in [1.165, 1.54) is 32.1 Å². The highest BCUT2D eigenvalue weighted by atomic mass is 16.2. The Bertz CT molecular complexity index is 383. The highest BCUT2D eigenvalue weighted by molar-refractivity contribution is 5.76. The molecule has 27 heavy (non-hydrogen) atoms. The molecule has 0 aromatic rings. The molecule has 1 N–H and O–H groups in total. The molecule has 0 aromatic heterocycles. The molecule has 4 heteroatoms. The van der Waals surface area contributed by atoms with E-state index < -0.39 is 0 Å². The van der Waals surface area contributed by atoms with Gasteiger partial charge in [-0.1, -0.05) is 66.2 Å². The summed E-state index contributed by atoms with van der Waals surface area (Å²) in [5.41, 5.74) is 0. The SMILES string of the molecule is CCCC(C)CCCCN(C)C(=O)CCCCNC(=O)CCCCC(C)C. The number of carbonyl (C=O) groups is 2. The van der Waals surface area contributed by atoms with Crippen LogP contribution in [0.3, 0.4) is 0 Å². The average Bonchev–Trinajstić information content (AvgIpc) is 2.61. The molecule has 0 fully saturated rings. The lowest BCUT2D eigenvalue weighted by atomic mass is 9.99. The Kier molecular flexibility index (Phi) is 16.4. The molecule has 0 saturated carbocycles. The summed E-state index contributed by atoms with van der Waals surface area (Å²) < 4.78 is 0. The lowest BCUT2D eigenvalue weighted by Gasteiger charge is -2.18. The minimum absolute atomic E-state index is 0.152. The van der Waals surface area contributed by atoms with Crippen LogP contribution in [0.25, 0.3) is 0 Å². The quantitative estimate of drug-likeness (QED) is 0.335. The first-order valence-electron chi connectivity index (χ1n) is 11.4. The summed E-state index contributed by atoms with van der Waals surface area (Å²) in [5.74, 6) is 1.91. The molecule has 1 atom stereocenters. The van der Waals surface area contributed by atoms with Crippen molar-refractivity contribution in [3.05, 3.63) is 0 Å². The number of unbranched alkanes of at least 4 members (excludes halogenated alkanes) is 3. The van der Waals surface area contributed by atoms with Crippen LogP contribution in [0, 0.1) is 11.8 Å². The summed E-state index contributed by atoms with van der Waals surface area (Å²) in [6.45, 7) is 10.5. The molecular weight excluding hydrogens is 336 g/mol. The standard InChI is InChI=1S/C23H46N2O2/c1-6-13-21(4)15-10-12-19-25(5)23(27)17-9-11-18-24-22(26)16-8-7-14-20(2)3/h20-21H,6-19H2,1-5H3,(H,24,26).